The van der Waals surface area contributed by atoms with E-state index in [-0.39, 0.29) is 17.3 Å². The van der Waals surface area contributed by atoms with Crippen LogP contribution in [0.15, 0.2) is 71.7 Å². The van der Waals surface area contributed by atoms with Crippen molar-refractivity contribution in [1.82, 2.24) is 14.9 Å². The highest BCUT2D eigenvalue weighted by molar-refractivity contribution is 6.30. The van der Waals surface area contributed by atoms with E-state index in [1.165, 1.54) is 12.1 Å². The van der Waals surface area contributed by atoms with Crippen LogP contribution in [0.3, 0.4) is 0 Å². The van der Waals surface area contributed by atoms with E-state index in [2.05, 4.69) is 14.9 Å². The molecule has 166 valence electrons. The van der Waals surface area contributed by atoms with Crippen molar-refractivity contribution < 1.29 is 9.18 Å². The lowest BCUT2D eigenvalue weighted by molar-refractivity contribution is 0.0746. The molecular formula is C25H20ClFN4O2. The fourth-order valence-electron chi connectivity index (χ4n) is 4.09. The molecule has 0 radical (unpaired) electrons. The SMILES string of the molecule is O=C(c1ccc2ccc(=O)[nH]c2c1)N1CCN(c2cc(-c3ccc(Cl)cc3F)ccn2)CC1. The van der Waals surface area contributed by atoms with Crippen molar-refractivity contribution in [3.63, 3.8) is 0 Å². The van der Waals surface area contributed by atoms with Crippen LogP contribution < -0.4 is 10.5 Å². The predicted molar refractivity (Wildman–Crippen MR) is 127 cm³/mol. The zero-order chi connectivity index (χ0) is 22.9. The second-order valence-electron chi connectivity index (χ2n) is 7.93. The van der Waals surface area contributed by atoms with Gasteiger partial charge in [0.15, 0.2) is 0 Å². The smallest absolute Gasteiger partial charge is 0.254 e. The van der Waals surface area contributed by atoms with Crippen molar-refractivity contribution in [2.24, 2.45) is 0 Å². The van der Waals surface area contributed by atoms with Gasteiger partial charge in [0, 0.05) is 60.1 Å². The van der Waals surface area contributed by atoms with Gasteiger partial charge in [-0.05, 0) is 59.5 Å². The molecule has 0 spiro atoms. The molecule has 4 aromatic rings. The van der Waals surface area contributed by atoms with E-state index in [0.29, 0.717) is 47.8 Å². The lowest BCUT2D eigenvalue weighted by atomic mass is 10.1. The van der Waals surface area contributed by atoms with Crippen molar-refractivity contribution in [3.05, 3.63) is 93.6 Å². The van der Waals surface area contributed by atoms with Crippen LogP contribution in [-0.4, -0.2) is 47.0 Å². The number of amides is 1. The largest absolute Gasteiger partial charge is 0.353 e. The number of pyridine rings is 2. The Bertz CT molecular complexity index is 1410. The first-order chi connectivity index (χ1) is 16.0. The van der Waals surface area contributed by atoms with E-state index in [0.717, 1.165) is 16.8 Å². The first kappa shape index (κ1) is 21.2. The molecular weight excluding hydrogens is 443 g/mol. The molecule has 1 aliphatic heterocycles. The average molecular weight is 463 g/mol. The topological polar surface area (TPSA) is 69.3 Å². The number of rotatable bonds is 3. The second kappa shape index (κ2) is 8.67. The number of piperazine rings is 1. The Morgan fingerprint density at radius 1 is 0.970 bits per heavy atom. The minimum absolute atomic E-state index is 0.0776. The number of aromatic nitrogens is 2. The Labute approximate surface area is 194 Å². The number of benzene rings is 2. The summed E-state index contributed by atoms with van der Waals surface area (Å²) >= 11 is 5.87. The third-order valence-corrected chi connectivity index (χ3v) is 6.09. The van der Waals surface area contributed by atoms with Crippen molar-refractivity contribution >= 4 is 34.2 Å². The Morgan fingerprint density at radius 3 is 2.55 bits per heavy atom. The monoisotopic (exact) mass is 462 g/mol. The molecule has 0 bridgehead atoms. The van der Waals surface area contributed by atoms with Gasteiger partial charge in [-0.25, -0.2) is 9.37 Å². The van der Waals surface area contributed by atoms with Crippen molar-refractivity contribution in [3.8, 4) is 11.1 Å². The number of carbonyl (C=O) groups excluding carboxylic acids is 1. The Balaban J connectivity index is 1.30. The highest BCUT2D eigenvalue weighted by atomic mass is 35.5. The fourth-order valence-corrected chi connectivity index (χ4v) is 4.25. The number of nitrogens with zero attached hydrogens (tertiary/aromatic N) is 3. The van der Waals surface area contributed by atoms with Gasteiger partial charge < -0.3 is 14.8 Å². The summed E-state index contributed by atoms with van der Waals surface area (Å²) in [7, 11) is 0. The summed E-state index contributed by atoms with van der Waals surface area (Å²) in [5.41, 5.74) is 2.16. The van der Waals surface area contributed by atoms with E-state index in [9.17, 15) is 14.0 Å². The summed E-state index contributed by atoms with van der Waals surface area (Å²) in [6.07, 6.45) is 1.66. The summed E-state index contributed by atoms with van der Waals surface area (Å²) in [6.45, 7) is 2.28. The molecule has 0 unspecified atom stereocenters. The number of halogens is 2. The molecule has 33 heavy (non-hydrogen) atoms. The lowest BCUT2D eigenvalue weighted by Gasteiger charge is -2.35. The number of hydrogen-bond acceptors (Lipinski definition) is 4. The summed E-state index contributed by atoms with van der Waals surface area (Å²) in [5, 5.41) is 1.23. The Hall–Kier alpha value is -3.71. The van der Waals surface area contributed by atoms with Gasteiger partial charge in [0.25, 0.3) is 5.91 Å². The van der Waals surface area contributed by atoms with Gasteiger partial charge in [-0.15, -0.1) is 0 Å². The lowest BCUT2D eigenvalue weighted by Crippen LogP contribution is -2.49. The molecule has 5 rings (SSSR count). The van der Waals surface area contributed by atoms with Crippen LogP contribution in [0.4, 0.5) is 10.2 Å². The first-order valence-electron chi connectivity index (χ1n) is 10.6. The zero-order valence-corrected chi connectivity index (χ0v) is 18.3. The van der Waals surface area contributed by atoms with E-state index >= 15 is 0 Å². The van der Waals surface area contributed by atoms with E-state index in [1.54, 1.807) is 47.5 Å². The number of nitrogens with one attached hydrogen (secondary N) is 1. The van der Waals surface area contributed by atoms with Gasteiger partial charge in [0.2, 0.25) is 5.56 Å². The van der Waals surface area contributed by atoms with Crippen molar-refractivity contribution in [2.45, 2.75) is 0 Å². The summed E-state index contributed by atoms with van der Waals surface area (Å²) < 4.78 is 14.3. The third-order valence-electron chi connectivity index (χ3n) is 5.85. The molecule has 1 saturated heterocycles. The van der Waals surface area contributed by atoms with Crippen molar-refractivity contribution in [2.75, 3.05) is 31.1 Å². The van der Waals surface area contributed by atoms with Crippen LogP contribution in [0.1, 0.15) is 10.4 Å². The molecule has 8 heteroatoms. The Kier molecular flexibility index (Phi) is 5.56. The number of anilines is 1. The van der Waals surface area contributed by atoms with Crippen LogP contribution in [-0.2, 0) is 0 Å². The van der Waals surface area contributed by atoms with Crippen LogP contribution >= 0.6 is 11.6 Å². The predicted octanol–water partition coefficient (Wildman–Crippen LogP) is 4.35. The number of hydrogen-bond donors (Lipinski definition) is 1. The quantitative estimate of drug-likeness (QED) is 0.491. The maximum atomic E-state index is 14.3. The van der Waals surface area contributed by atoms with Gasteiger partial charge in [0.1, 0.15) is 11.6 Å². The van der Waals surface area contributed by atoms with Gasteiger partial charge >= 0.3 is 0 Å². The van der Waals surface area contributed by atoms with Crippen molar-refractivity contribution in [1.29, 1.82) is 0 Å². The highest BCUT2D eigenvalue weighted by Crippen LogP contribution is 2.28. The molecule has 2 aromatic carbocycles. The maximum absolute atomic E-state index is 14.3. The van der Waals surface area contributed by atoms with Gasteiger partial charge in [0.05, 0.1) is 0 Å². The molecule has 1 N–H and O–H groups in total. The van der Waals surface area contributed by atoms with Crippen LogP contribution in [0.2, 0.25) is 5.02 Å². The molecule has 3 heterocycles. The summed E-state index contributed by atoms with van der Waals surface area (Å²) in [5.74, 6) is 0.273. The van der Waals surface area contributed by atoms with E-state index in [4.69, 9.17) is 11.6 Å². The zero-order valence-electron chi connectivity index (χ0n) is 17.6. The standard InChI is InChI=1S/C25H20ClFN4O2/c26-19-4-5-20(21(27)15-19)17-7-8-28-23(14-17)30-9-11-31(12-10-30)25(33)18-2-1-16-3-6-24(32)29-22(16)13-18/h1-8,13-15H,9-12H2,(H,29,32). The molecule has 0 saturated carbocycles. The fraction of sp³-hybridized carbons (Fsp3) is 0.160. The first-order valence-corrected chi connectivity index (χ1v) is 10.9. The highest BCUT2D eigenvalue weighted by Gasteiger charge is 2.23. The van der Waals surface area contributed by atoms with Crippen LogP contribution in [0, 0.1) is 5.82 Å². The molecule has 0 aliphatic carbocycles. The van der Waals surface area contributed by atoms with E-state index in [1.807, 2.05) is 12.1 Å². The molecule has 0 atom stereocenters. The summed E-state index contributed by atoms with van der Waals surface area (Å²) in [4.78, 5) is 35.7. The minimum Gasteiger partial charge on any atom is -0.353 e. The second-order valence-corrected chi connectivity index (χ2v) is 8.37. The molecule has 1 amide bonds. The number of fused-ring (bicyclic) bond motifs is 1. The van der Waals surface area contributed by atoms with E-state index < -0.39 is 0 Å². The molecule has 1 fully saturated rings. The molecule has 1 aliphatic rings. The normalized spacial score (nSPS) is 14.0. The number of carbonyl (C=O) groups is 1. The average Bonchev–Trinajstić information content (AvgIpc) is 2.83. The van der Waals surface area contributed by atoms with Gasteiger partial charge in [-0.1, -0.05) is 17.7 Å². The minimum atomic E-state index is -0.383. The van der Waals surface area contributed by atoms with Gasteiger partial charge in [-0.3, -0.25) is 9.59 Å². The van der Waals surface area contributed by atoms with Gasteiger partial charge in [-0.2, -0.15) is 0 Å². The number of H-pyrrole nitrogens is 1. The third kappa shape index (κ3) is 4.32. The number of aromatic amines is 1. The summed E-state index contributed by atoms with van der Waals surface area (Å²) in [6, 6.07) is 16.8. The van der Waals surface area contributed by atoms with Crippen LogP contribution in [0.25, 0.3) is 22.0 Å². The van der Waals surface area contributed by atoms with Crippen LogP contribution in [0.5, 0.6) is 0 Å². The maximum Gasteiger partial charge on any atom is 0.254 e. The molecule has 2 aromatic heterocycles. The Morgan fingerprint density at radius 2 is 1.76 bits per heavy atom. The molecule has 6 nitrogen and oxygen atoms in total.